The fourth-order valence-electron chi connectivity index (χ4n) is 5.30. The van der Waals surface area contributed by atoms with Gasteiger partial charge in [-0.1, -0.05) is 46.4 Å². The Morgan fingerprint density at radius 2 is 1.26 bits per heavy atom. The molecule has 0 aromatic heterocycles. The molecule has 5 aliphatic rings. The zero-order valence-corrected chi connectivity index (χ0v) is 13.9. The van der Waals surface area contributed by atoms with Gasteiger partial charge < -0.3 is 4.74 Å². The van der Waals surface area contributed by atoms with Crippen LogP contribution in [0.3, 0.4) is 0 Å². The maximum absolute atomic E-state index is 6.82. The Morgan fingerprint density at radius 3 is 1.68 bits per heavy atom. The first-order chi connectivity index (χ1) is 8.78. The molecule has 0 aromatic rings. The lowest BCUT2D eigenvalue weighted by atomic mass is 9.73. The number of fused-ring (bicyclic) bond motifs is 12. The molecule has 7 heteroatoms. The number of halogens is 6. The molecule has 0 amide bonds. The Morgan fingerprint density at radius 1 is 0.842 bits per heavy atom. The standard InChI is InChI=1S/C12H8Cl6O/c13-8-9(14)11(16)5-3-1-2(6-7(3)19-6)4(5)10(8,15)12(11,17)18/h2-7H,1H2/t2-,3-,4-,5-,6+,7+,10+,11+/m1/s1. The van der Waals surface area contributed by atoms with E-state index < -0.39 is 14.1 Å². The molecule has 5 rings (SSSR count). The van der Waals surface area contributed by atoms with E-state index in [0.717, 1.165) is 6.42 Å². The molecule has 3 saturated carbocycles. The molecular formula is C12H8Cl6O. The zero-order chi connectivity index (χ0) is 13.5. The van der Waals surface area contributed by atoms with Crippen LogP contribution >= 0.6 is 69.6 Å². The van der Waals surface area contributed by atoms with Gasteiger partial charge in [0.15, 0.2) is 4.33 Å². The van der Waals surface area contributed by atoms with Crippen molar-refractivity contribution in [1.29, 1.82) is 0 Å². The number of ether oxygens (including phenoxy) is 1. The third kappa shape index (κ3) is 0.986. The van der Waals surface area contributed by atoms with Gasteiger partial charge in [0, 0.05) is 0 Å². The first-order valence-electron chi connectivity index (χ1n) is 6.25. The number of rotatable bonds is 0. The van der Waals surface area contributed by atoms with Crippen molar-refractivity contribution in [3.63, 3.8) is 0 Å². The van der Waals surface area contributed by atoms with E-state index in [4.69, 9.17) is 74.3 Å². The molecule has 0 aromatic carbocycles. The van der Waals surface area contributed by atoms with Gasteiger partial charge in [0.2, 0.25) is 0 Å². The van der Waals surface area contributed by atoms with Crippen LogP contribution in [0.2, 0.25) is 0 Å². The van der Waals surface area contributed by atoms with Gasteiger partial charge in [-0.3, -0.25) is 0 Å². The zero-order valence-electron chi connectivity index (χ0n) is 9.35. The summed E-state index contributed by atoms with van der Waals surface area (Å²) in [5.74, 6) is 0.776. The molecule has 4 bridgehead atoms. The second-order valence-electron chi connectivity index (χ2n) is 6.31. The summed E-state index contributed by atoms with van der Waals surface area (Å²) in [6, 6.07) is 0. The summed E-state index contributed by atoms with van der Waals surface area (Å²) in [6.45, 7) is 0. The van der Waals surface area contributed by atoms with Crippen molar-refractivity contribution < 1.29 is 4.74 Å². The molecule has 1 aliphatic heterocycles. The Labute approximate surface area is 140 Å². The summed E-state index contributed by atoms with van der Waals surface area (Å²) in [7, 11) is 0. The quantitative estimate of drug-likeness (QED) is 0.343. The second kappa shape index (κ2) is 3.20. The van der Waals surface area contributed by atoms with Crippen molar-refractivity contribution in [1.82, 2.24) is 0 Å². The largest absolute Gasteiger partial charge is 0.369 e. The molecule has 0 unspecified atom stereocenters. The van der Waals surface area contributed by atoms with E-state index in [2.05, 4.69) is 0 Å². The summed E-state index contributed by atoms with van der Waals surface area (Å²) >= 11 is 39.5. The van der Waals surface area contributed by atoms with Crippen molar-refractivity contribution in [2.75, 3.05) is 0 Å². The molecule has 4 fully saturated rings. The minimum Gasteiger partial charge on any atom is -0.369 e. The monoisotopic (exact) mass is 378 g/mol. The van der Waals surface area contributed by atoms with E-state index in [9.17, 15) is 0 Å². The average molecular weight is 381 g/mol. The van der Waals surface area contributed by atoms with Crippen molar-refractivity contribution in [3.05, 3.63) is 10.1 Å². The van der Waals surface area contributed by atoms with Crippen LogP contribution in [0, 0.1) is 23.7 Å². The van der Waals surface area contributed by atoms with Crippen LogP contribution in [0.15, 0.2) is 10.1 Å². The van der Waals surface area contributed by atoms with E-state index in [0.29, 0.717) is 21.9 Å². The van der Waals surface area contributed by atoms with Crippen LogP contribution in [-0.4, -0.2) is 26.3 Å². The summed E-state index contributed by atoms with van der Waals surface area (Å²) < 4.78 is 4.35. The van der Waals surface area contributed by atoms with Crippen molar-refractivity contribution in [2.45, 2.75) is 32.7 Å². The van der Waals surface area contributed by atoms with E-state index in [1.54, 1.807) is 0 Å². The molecule has 0 radical (unpaired) electrons. The van der Waals surface area contributed by atoms with Gasteiger partial charge >= 0.3 is 0 Å². The van der Waals surface area contributed by atoms with E-state index in [1.165, 1.54) is 0 Å². The lowest BCUT2D eigenvalue weighted by Gasteiger charge is -2.38. The number of hydrogen-bond donors (Lipinski definition) is 0. The topological polar surface area (TPSA) is 12.5 Å². The Hall–Kier alpha value is 1.44. The molecule has 0 spiro atoms. The average Bonchev–Trinajstić information content (AvgIpc) is 2.91. The molecule has 19 heavy (non-hydrogen) atoms. The summed E-state index contributed by atoms with van der Waals surface area (Å²) in [5.41, 5.74) is 0. The SMILES string of the molecule is ClC1=C(Cl)[C@@]2(Cl)[C@@H]3[C@H]4C[C@@H]([C@@H]5O[C@@H]45)[C@H]3[C@@]1(Cl)C2(Cl)Cl. The number of alkyl halides is 4. The van der Waals surface area contributed by atoms with Crippen LogP contribution in [0.5, 0.6) is 0 Å². The van der Waals surface area contributed by atoms with Crippen LogP contribution in [0.1, 0.15) is 6.42 Å². The molecule has 0 N–H and O–H groups in total. The fourth-order valence-corrected chi connectivity index (χ4v) is 8.43. The number of epoxide rings is 1. The minimum atomic E-state index is -1.37. The first kappa shape index (κ1) is 12.9. The van der Waals surface area contributed by atoms with Crippen LogP contribution in [0.4, 0.5) is 0 Å². The van der Waals surface area contributed by atoms with Gasteiger partial charge in [0.05, 0.1) is 22.3 Å². The maximum Gasteiger partial charge on any atom is 0.166 e. The van der Waals surface area contributed by atoms with Crippen molar-refractivity contribution in [2.24, 2.45) is 23.7 Å². The molecular weight excluding hydrogens is 373 g/mol. The predicted octanol–water partition coefficient (Wildman–Crippen LogP) is 4.48. The smallest absolute Gasteiger partial charge is 0.166 e. The summed E-state index contributed by atoms with van der Waals surface area (Å²) in [4.78, 5) is -2.17. The molecule has 1 saturated heterocycles. The third-order valence-corrected chi connectivity index (χ3v) is 10.2. The van der Waals surface area contributed by atoms with Crippen molar-refractivity contribution in [3.8, 4) is 0 Å². The van der Waals surface area contributed by atoms with Crippen LogP contribution < -0.4 is 0 Å². The first-order valence-corrected chi connectivity index (χ1v) is 8.52. The predicted molar refractivity (Wildman–Crippen MR) is 77.6 cm³/mol. The highest BCUT2D eigenvalue weighted by Gasteiger charge is 2.89. The third-order valence-electron chi connectivity index (χ3n) is 5.92. The van der Waals surface area contributed by atoms with Gasteiger partial charge in [-0.25, -0.2) is 0 Å². The normalized spacial score (nSPS) is 66.6. The lowest BCUT2D eigenvalue weighted by molar-refractivity contribution is 0.237. The van der Waals surface area contributed by atoms with E-state index in [1.807, 2.05) is 0 Å². The molecule has 4 aliphatic carbocycles. The van der Waals surface area contributed by atoms with Crippen LogP contribution in [0.25, 0.3) is 0 Å². The Balaban J connectivity index is 1.80. The second-order valence-corrected chi connectivity index (χ2v) is 9.58. The Kier molecular flexibility index (Phi) is 2.18. The highest BCUT2D eigenvalue weighted by molar-refractivity contribution is 6.65. The number of hydrogen-bond acceptors (Lipinski definition) is 1. The highest BCUT2D eigenvalue weighted by atomic mass is 35.5. The van der Waals surface area contributed by atoms with E-state index >= 15 is 0 Å². The highest BCUT2D eigenvalue weighted by Crippen LogP contribution is 2.84. The van der Waals surface area contributed by atoms with Crippen LogP contribution in [-0.2, 0) is 4.74 Å². The molecule has 1 heterocycles. The number of allylic oxidation sites excluding steroid dienone is 2. The Bertz CT molecular complexity index is 516. The maximum atomic E-state index is 6.82. The van der Waals surface area contributed by atoms with Gasteiger partial charge in [0.1, 0.15) is 9.75 Å². The van der Waals surface area contributed by atoms with Gasteiger partial charge in [0.25, 0.3) is 0 Å². The van der Waals surface area contributed by atoms with Crippen molar-refractivity contribution >= 4 is 69.6 Å². The van der Waals surface area contributed by atoms with Gasteiger partial charge in [-0.2, -0.15) is 0 Å². The molecule has 1 nitrogen and oxygen atoms in total. The fraction of sp³-hybridized carbons (Fsp3) is 0.833. The lowest BCUT2D eigenvalue weighted by Crippen LogP contribution is -2.46. The minimum absolute atomic E-state index is 0.0467. The van der Waals surface area contributed by atoms with Gasteiger partial charge in [-0.05, 0) is 30.1 Å². The van der Waals surface area contributed by atoms with Gasteiger partial charge in [-0.15, -0.1) is 23.2 Å². The molecule has 8 atom stereocenters. The van der Waals surface area contributed by atoms with E-state index in [-0.39, 0.29) is 24.0 Å². The summed E-state index contributed by atoms with van der Waals surface area (Å²) in [6.07, 6.45) is 1.63. The summed E-state index contributed by atoms with van der Waals surface area (Å²) in [5, 5.41) is 0.642. The molecule has 104 valence electrons.